The van der Waals surface area contributed by atoms with E-state index in [2.05, 4.69) is 6.92 Å². The van der Waals surface area contributed by atoms with Crippen LogP contribution in [-0.4, -0.2) is 56.9 Å². The van der Waals surface area contributed by atoms with Crippen molar-refractivity contribution in [2.45, 2.75) is 19.3 Å². The summed E-state index contributed by atoms with van der Waals surface area (Å²) < 4.78 is 46.5. The van der Waals surface area contributed by atoms with Gasteiger partial charge in [-0.1, -0.05) is 6.92 Å². The Morgan fingerprint density at radius 1 is 0.432 bits per heavy atom. The Morgan fingerprint density at radius 2 is 0.703 bits per heavy atom. The minimum atomic E-state index is -0.567. The third kappa shape index (κ3) is 5.28. The van der Waals surface area contributed by atoms with Crippen LogP contribution in [0, 0.1) is 0 Å². The Kier molecular flexibility index (Phi) is 9.22. The highest BCUT2D eigenvalue weighted by molar-refractivity contribution is 5.68. The summed E-state index contributed by atoms with van der Waals surface area (Å²) in [6.07, 6.45) is 0.808. The fourth-order valence-corrected chi connectivity index (χ4v) is 4.55. The van der Waals surface area contributed by atoms with Gasteiger partial charge in [-0.15, -0.1) is 0 Å². The third-order valence-corrected chi connectivity index (χ3v) is 6.38. The monoisotopic (exact) mass is 512 g/mol. The molecule has 0 bridgehead atoms. The summed E-state index contributed by atoms with van der Waals surface area (Å²) in [7, 11) is 12.9. The second-order valence-corrected chi connectivity index (χ2v) is 8.09. The van der Waals surface area contributed by atoms with Crippen LogP contribution in [0.2, 0.25) is 0 Å². The lowest BCUT2D eigenvalue weighted by atomic mass is 9.81. The largest absolute Gasteiger partial charge is 0.496 e. The molecular formula is C29H36O8. The van der Waals surface area contributed by atoms with E-state index in [1.807, 2.05) is 36.4 Å². The van der Waals surface area contributed by atoms with Gasteiger partial charge in [0, 0.05) is 41.0 Å². The maximum Gasteiger partial charge on any atom is 0.130 e. The molecule has 3 aromatic rings. The Hall–Kier alpha value is -3.94. The topological polar surface area (TPSA) is 73.8 Å². The van der Waals surface area contributed by atoms with E-state index in [9.17, 15) is 0 Å². The van der Waals surface area contributed by atoms with Crippen molar-refractivity contribution in [3.05, 3.63) is 58.7 Å². The Bertz CT molecular complexity index is 995. The van der Waals surface area contributed by atoms with Crippen LogP contribution in [0.1, 0.15) is 35.1 Å². The Morgan fingerprint density at radius 3 is 0.919 bits per heavy atom. The molecule has 8 nitrogen and oxygen atoms in total. The molecule has 0 N–H and O–H groups in total. The molecular weight excluding hydrogens is 476 g/mol. The van der Waals surface area contributed by atoms with Gasteiger partial charge in [0.05, 0.1) is 62.8 Å². The molecule has 0 aliphatic carbocycles. The number of benzene rings is 3. The second kappa shape index (κ2) is 12.3. The number of hydrogen-bond acceptors (Lipinski definition) is 8. The number of ether oxygens (including phenoxy) is 8. The second-order valence-electron chi connectivity index (χ2n) is 8.09. The van der Waals surface area contributed by atoms with Gasteiger partial charge in [0.25, 0.3) is 0 Å². The lowest BCUT2D eigenvalue weighted by Gasteiger charge is -2.29. The first-order chi connectivity index (χ1) is 17.9. The molecule has 0 spiro atoms. The van der Waals surface area contributed by atoms with Crippen LogP contribution in [0.15, 0.2) is 36.4 Å². The minimum absolute atomic E-state index is 0.546. The van der Waals surface area contributed by atoms with Crippen molar-refractivity contribution in [3.8, 4) is 46.0 Å². The van der Waals surface area contributed by atoms with E-state index in [1.54, 1.807) is 56.9 Å². The molecule has 0 aromatic heterocycles. The number of hydrogen-bond donors (Lipinski definition) is 0. The first-order valence-electron chi connectivity index (χ1n) is 11.8. The van der Waals surface area contributed by atoms with E-state index in [0.717, 1.165) is 17.5 Å². The molecule has 8 heteroatoms. The van der Waals surface area contributed by atoms with E-state index < -0.39 is 5.92 Å². The first-order valence-corrected chi connectivity index (χ1v) is 11.8. The molecule has 0 aliphatic heterocycles. The van der Waals surface area contributed by atoms with Gasteiger partial charge >= 0.3 is 0 Å². The summed E-state index contributed by atoms with van der Waals surface area (Å²) in [4.78, 5) is 0. The van der Waals surface area contributed by atoms with Crippen LogP contribution in [0.5, 0.6) is 46.0 Å². The third-order valence-electron chi connectivity index (χ3n) is 6.38. The van der Waals surface area contributed by atoms with Crippen molar-refractivity contribution >= 4 is 0 Å². The molecule has 200 valence electrons. The van der Waals surface area contributed by atoms with Gasteiger partial charge in [-0.2, -0.15) is 0 Å². The van der Waals surface area contributed by atoms with Crippen LogP contribution in [-0.2, 0) is 6.42 Å². The van der Waals surface area contributed by atoms with E-state index >= 15 is 0 Å². The lowest BCUT2D eigenvalue weighted by molar-refractivity contribution is 0.353. The molecule has 3 rings (SSSR count). The van der Waals surface area contributed by atoms with Gasteiger partial charge in [-0.05, 0) is 24.1 Å². The molecule has 3 aromatic carbocycles. The summed E-state index contributed by atoms with van der Waals surface area (Å²) in [5.41, 5.74) is 3.26. The molecule has 0 amide bonds. The van der Waals surface area contributed by atoms with Gasteiger partial charge in [-0.25, -0.2) is 0 Å². The van der Waals surface area contributed by atoms with Crippen LogP contribution in [0.25, 0.3) is 0 Å². The van der Waals surface area contributed by atoms with Gasteiger partial charge in [-0.3, -0.25) is 0 Å². The fraction of sp³-hybridized carbons (Fsp3) is 0.379. The van der Waals surface area contributed by atoms with Crippen molar-refractivity contribution in [3.63, 3.8) is 0 Å². The lowest BCUT2D eigenvalue weighted by Crippen LogP contribution is -2.13. The van der Waals surface area contributed by atoms with Crippen LogP contribution >= 0.6 is 0 Å². The zero-order valence-electron chi connectivity index (χ0n) is 23.0. The Labute approximate surface area is 218 Å². The van der Waals surface area contributed by atoms with E-state index in [0.29, 0.717) is 57.1 Å². The molecule has 0 saturated heterocycles. The maximum absolute atomic E-state index is 5.95. The predicted molar refractivity (Wildman–Crippen MR) is 142 cm³/mol. The highest BCUT2D eigenvalue weighted by Crippen LogP contribution is 2.54. The van der Waals surface area contributed by atoms with Crippen molar-refractivity contribution in [1.29, 1.82) is 0 Å². The van der Waals surface area contributed by atoms with E-state index in [-0.39, 0.29) is 0 Å². The SMILES string of the molecule is CCc1cc(OC)c(C(c2c(OC)cc(OC)cc2OC)c2c(OC)cc(OC)cc2OC)c(OC)c1. The van der Waals surface area contributed by atoms with Crippen molar-refractivity contribution < 1.29 is 37.9 Å². The average Bonchev–Trinajstić information content (AvgIpc) is 2.96. The smallest absolute Gasteiger partial charge is 0.130 e. The normalized spacial score (nSPS) is 10.6. The highest BCUT2D eigenvalue weighted by atomic mass is 16.5. The number of rotatable bonds is 12. The van der Waals surface area contributed by atoms with Crippen LogP contribution in [0.3, 0.4) is 0 Å². The zero-order chi connectivity index (χ0) is 27.1. The summed E-state index contributed by atoms with van der Waals surface area (Å²) in [6, 6.07) is 11.3. The summed E-state index contributed by atoms with van der Waals surface area (Å²) in [5.74, 6) is 4.07. The van der Waals surface area contributed by atoms with Crippen molar-refractivity contribution in [2.24, 2.45) is 0 Å². The number of aryl methyl sites for hydroxylation is 1. The van der Waals surface area contributed by atoms with Gasteiger partial charge < -0.3 is 37.9 Å². The van der Waals surface area contributed by atoms with Gasteiger partial charge in [0.2, 0.25) is 0 Å². The molecule has 37 heavy (non-hydrogen) atoms. The number of methoxy groups -OCH3 is 8. The zero-order valence-corrected chi connectivity index (χ0v) is 23.0. The van der Waals surface area contributed by atoms with Crippen molar-refractivity contribution in [1.82, 2.24) is 0 Å². The summed E-state index contributed by atoms with van der Waals surface area (Å²) in [6.45, 7) is 2.08. The molecule has 0 heterocycles. The van der Waals surface area contributed by atoms with E-state index in [1.165, 1.54) is 0 Å². The molecule has 0 saturated carbocycles. The Balaban J connectivity index is 2.59. The van der Waals surface area contributed by atoms with Gasteiger partial charge in [0.1, 0.15) is 46.0 Å². The predicted octanol–water partition coefficient (Wildman–Crippen LogP) is 5.50. The van der Waals surface area contributed by atoms with Gasteiger partial charge in [0.15, 0.2) is 0 Å². The molecule has 0 fully saturated rings. The van der Waals surface area contributed by atoms with Crippen LogP contribution < -0.4 is 37.9 Å². The minimum Gasteiger partial charge on any atom is -0.496 e. The standard InChI is InChI=1S/C29H36O8/c1-10-17-11-20(32-4)26(21(12-17)33-5)29(27-22(34-6)13-18(30-2)14-23(27)35-7)28-24(36-8)15-19(31-3)16-25(28)37-9/h11-16,29H,10H2,1-9H3. The fourth-order valence-electron chi connectivity index (χ4n) is 4.55. The average molecular weight is 513 g/mol. The maximum atomic E-state index is 5.95. The summed E-state index contributed by atoms with van der Waals surface area (Å²) >= 11 is 0. The molecule has 0 radical (unpaired) electrons. The molecule has 0 unspecified atom stereocenters. The first kappa shape index (κ1) is 27.6. The quantitative estimate of drug-likeness (QED) is 0.295. The van der Waals surface area contributed by atoms with Crippen molar-refractivity contribution in [2.75, 3.05) is 56.9 Å². The highest BCUT2D eigenvalue weighted by Gasteiger charge is 2.36. The molecule has 0 atom stereocenters. The van der Waals surface area contributed by atoms with Crippen LogP contribution in [0.4, 0.5) is 0 Å². The summed E-state index contributed by atoms with van der Waals surface area (Å²) in [5, 5.41) is 0. The van der Waals surface area contributed by atoms with E-state index in [4.69, 9.17) is 37.9 Å². The molecule has 0 aliphatic rings.